The molecule has 1 saturated heterocycles. The van der Waals surface area contributed by atoms with Gasteiger partial charge in [-0.1, -0.05) is 23.8 Å². The van der Waals surface area contributed by atoms with E-state index in [1.165, 1.54) is 12.7 Å². The van der Waals surface area contributed by atoms with Crippen LogP contribution >= 0.6 is 0 Å². The van der Waals surface area contributed by atoms with Crippen LogP contribution in [0, 0.1) is 19.8 Å². The maximum Gasteiger partial charge on any atom is 0.308 e. The monoisotopic (exact) mass is 289 g/mol. The number of esters is 1. The van der Waals surface area contributed by atoms with Crippen molar-refractivity contribution < 1.29 is 14.3 Å². The van der Waals surface area contributed by atoms with Crippen LogP contribution in [0.25, 0.3) is 0 Å². The van der Waals surface area contributed by atoms with Crippen molar-refractivity contribution in [2.45, 2.75) is 33.1 Å². The molecule has 4 nitrogen and oxygen atoms in total. The number of ether oxygens (including phenoxy) is 1. The van der Waals surface area contributed by atoms with Gasteiger partial charge in [0.1, 0.15) is 0 Å². The van der Waals surface area contributed by atoms with Crippen molar-refractivity contribution in [3.8, 4) is 0 Å². The quantitative estimate of drug-likeness (QED) is 0.802. The van der Waals surface area contributed by atoms with Gasteiger partial charge in [-0.05, 0) is 37.8 Å². The molecule has 0 aromatic heterocycles. The minimum Gasteiger partial charge on any atom is -0.469 e. The van der Waals surface area contributed by atoms with Crippen LogP contribution in [0.1, 0.15) is 29.5 Å². The van der Waals surface area contributed by atoms with E-state index >= 15 is 0 Å². The van der Waals surface area contributed by atoms with Gasteiger partial charge in [0.25, 0.3) is 0 Å². The van der Waals surface area contributed by atoms with Crippen LogP contribution in [0.2, 0.25) is 0 Å². The predicted octanol–water partition coefficient (Wildman–Crippen LogP) is 2.26. The van der Waals surface area contributed by atoms with E-state index in [2.05, 4.69) is 18.2 Å². The Morgan fingerprint density at radius 2 is 1.90 bits per heavy atom. The summed E-state index contributed by atoms with van der Waals surface area (Å²) in [6.45, 7) is 5.35. The molecule has 1 aromatic carbocycles. The Labute approximate surface area is 126 Å². The molecular weight excluding hydrogens is 266 g/mol. The number of rotatable bonds is 3. The molecule has 0 atom stereocenters. The normalized spacial score (nSPS) is 15.9. The summed E-state index contributed by atoms with van der Waals surface area (Å²) >= 11 is 0. The van der Waals surface area contributed by atoms with Gasteiger partial charge in [-0.3, -0.25) is 9.59 Å². The largest absolute Gasteiger partial charge is 0.469 e. The smallest absolute Gasteiger partial charge is 0.308 e. The summed E-state index contributed by atoms with van der Waals surface area (Å²) in [7, 11) is 1.42. The van der Waals surface area contributed by atoms with Crippen molar-refractivity contribution in [3.63, 3.8) is 0 Å². The number of likely N-dealkylation sites (tertiary alicyclic amines) is 1. The van der Waals surface area contributed by atoms with Gasteiger partial charge in [0.15, 0.2) is 0 Å². The van der Waals surface area contributed by atoms with Gasteiger partial charge in [0.05, 0.1) is 19.4 Å². The van der Waals surface area contributed by atoms with Gasteiger partial charge in [0.2, 0.25) is 5.91 Å². The summed E-state index contributed by atoms with van der Waals surface area (Å²) in [6.07, 6.45) is 1.84. The highest BCUT2D eigenvalue weighted by atomic mass is 16.5. The Hall–Kier alpha value is -1.84. The van der Waals surface area contributed by atoms with E-state index in [-0.39, 0.29) is 17.8 Å². The lowest BCUT2D eigenvalue weighted by molar-refractivity contribution is -0.148. The Balaban J connectivity index is 1.93. The molecule has 1 heterocycles. The van der Waals surface area contributed by atoms with Gasteiger partial charge in [-0.15, -0.1) is 0 Å². The summed E-state index contributed by atoms with van der Waals surface area (Å²) in [4.78, 5) is 25.7. The van der Waals surface area contributed by atoms with Crippen molar-refractivity contribution in [3.05, 3.63) is 34.9 Å². The lowest BCUT2D eigenvalue weighted by Crippen LogP contribution is -2.41. The maximum atomic E-state index is 12.4. The lowest BCUT2D eigenvalue weighted by atomic mass is 9.96. The molecule has 1 amide bonds. The number of carbonyl (C=O) groups is 2. The summed E-state index contributed by atoms with van der Waals surface area (Å²) in [5.74, 6) is -0.0663. The van der Waals surface area contributed by atoms with Gasteiger partial charge in [0, 0.05) is 13.1 Å². The summed E-state index contributed by atoms with van der Waals surface area (Å²) in [6, 6.07) is 6.20. The zero-order valence-electron chi connectivity index (χ0n) is 13.0. The van der Waals surface area contributed by atoms with E-state index in [0.29, 0.717) is 32.4 Å². The molecule has 0 N–H and O–H groups in total. The van der Waals surface area contributed by atoms with Gasteiger partial charge in [-0.25, -0.2) is 0 Å². The van der Waals surface area contributed by atoms with Crippen LogP contribution in [0.15, 0.2) is 18.2 Å². The molecule has 1 aliphatic heterocycles. The number of aryl methyl sites for hydroxylation is 2. The zero-order valence-corrected chi connectivity index (χ0v) is 13.0. The molecule has 0 bridgehead atoms. The molecule has 0 spiro atoms. The molecule has 21 heavy (non-hydrogen) atoms. The van der Waals surface area contributed by atoms with E-state index in [9.17, 15) is 9.59 Å². The molecule has 0 saturated carbocycles. The molecule has 0 unspecified atom stereocenters. The SMILES string of the molecule is COC(=O)C1CCN(C(=O)Cc2cc(C)ccc2C)CC1. The lowest BCUT2D eigenvalue weighted by Gasteiger charge is -2.31. The Morgan fingerprint density at radius 3 is 2.52 bits per heavy atom. The zero-order chi connectivity index (χ0) is 15.4. The van der Waals surface area contributed by atoms with Gasteiger partial charge >= 0.3 is 5.97 Å². The van der Waals surface area contributed by atoms with E-state index in [4.69, 9.17) is 4.74 Å². The van der Waals surface area contributed by atoms with Crippen LogP contribution in [-0.4, -0.2) is 37.0 Å². The van der Waals surface area contributed by atoms with Gasteiger partial charge < -0.3 is 9.64 Å². The van der Waals surface area contributed by atoms with E-state index in [0.717, 1.165) is 11.1 Å². The summed E-state index contributed by atoms with van der Waals surface area (Å²) in [5.41, 5.74) is 3.42. The van der Waals surface area contributed by atoms with E-state index in [1.54, 1.807) is 0 Å². The number of amides is 1. The highest BCUT2D eigenvalue weighted by Gasteiger charge is 2.27. The highest BCUT2D eigenvalue weighted by molar-refractivity contribution is 5.80. The minimum absolute atomic E-state index is 0.0558. The third kappa shape index (κ3) is 3.84. The third-order valence-electron chi connectivity index (χ3n) is 4.23. The van der Waals surface area contributed by atoms with Crippen LogP contribution in [-0.2, 0) is 20.7 Å². The first-order valence-corrected chi connectivity index (χ1v) is 7.43. The molecule has 2 rings (SSSR count). The Morgan fingerprint density at radius 1 is 1.24 bits per heavy atom. The first-order valence-electron chi connectivity index (χ1n) is 7.43. The standard InChI is InChI=1S/C17H23NO3/c1-12-4-5-13(2)15(10-12)11-16(19)18-8-6-14(7-9-18)17(20)21-3/h4-5,10,14H,6-9,11H2,1-3H3. The number of benzene rings is 1. The topological polar surface area (TPSA) is 46.6 Å². The second-order valence-corrected chi connectivity index (χ2v) is 5.78. The van der Waals surface area contributed by atoms with Crippen molar-refractivity contribution in [2.75, 3.05) is 20.2 Å². The fourth-order valence-electron chi connectivity index (χ4n) is 2.80. The first-order chi connectivity index (χ1) is 10.0. The predicted molar refractivity (Wildman–Crippen MR) is 80.9 cm³/mol. The van der Waals surface area contributed by atoms with Gasteiger partial charge in [-0.2, -0.15) is 0 Å². The fourth-order valence-corrected chi connectivity index (χ4v) is 2.80. The number of methoxy groups -OCH3 is 1. The highest BCUT2D eigenvalue weighted by Crippen LogP contribution is 2.20. The Kier molecular flexibility index (Phi) is 4.99. The number of nitrogens with zero attached hydrogens (tertiary/aromatic N) is 1. The maximum absolute atomic E-state index is 12.4. The van der Waals surface area contributed by atoms with Crippen LogP contribution in [0.5, 0.6) is 0 Å². The van der Waals surface area contributed by atoms with Crippen molar-refractivity contribution in [2.24, 2.45) is 5.92 Å². The third-order valence-corrected chi connectivity index (χ3v) is 4.23. The number of carbonyl (C=O) groups excluding carboxylic acids is 2. The first kappa shape index (κ1) is 15.5. The Bertz CT molecular complexity index is 531. The molecule has 0 radical (unpaired) electrons. The molecule has 1 aromatic rings. The molecule has 1 aliphatic rings. The molecule has 114 valence electrons. The average molecular weight is 289 g/mol. The van der Waals surface area contributed by atoms with Crippen LogP contribution in [0.4, 0.5) is 0 Å². The second kappa shape index (κ2) is 6.74. The van der Waals surface area contributed by atoms with Crippen molar-refractivity contribution in [1.29, 1.82) is 0 Å². The van der Waals surface area contributed by atoms with Crippen molar-refractivity contribution >= 4 is 11.9 Å². The fraction of sp³-hybridized carbons (Fsp3) is 0.529. The molecular formula is C17H23NO3. The number of hydrogen-bond acceptors (Lipinski definition) is 3. The van der Waals surface area contributed by atoms with E-state index < -0.39 is 0 Å². The second-order valence-electron chi connectivity index (χ2n) is 5.78. The summed E-state index contributed by atoms with van der Waals surface area (Å²) in [5, 5.41) is 0. The minimum atomic E-state index is -0.156. The number of piperidine rings is 1. The molecule has 0 aliphatic carbocycles. The molecule has 1 fully saturated rings. The molecule has 4 heteroatoms. The van der Waals surface area contributed by atoms with Crippen molar-refractivity contribution in [1.82, 2.24) is 4.90 Å². The summed E-state index contributed by atoms with van der Waals surface area (Å²) < 4.78 is 4.77. The number of hydrogen-bond donors (Lipinski definition) is 0. The van der Waals surface area contributed by atoms with Crippen LogP contribution in [0.3, 0.4) is 0 Å². The average Bonchev–Trinajstić information content (AvgIpc) is 2.50. The van der Waals surface area contributed by atoms with E-state index in [1.807, 2.05) is 18.7 Å². The van der Waals surface area contributed by atoms with Crippen LogP contribution < -0.4 is 0 Å².